The van der Waals surface area contributed by atoms with E-state index >= 15 is 0 Å². The second-order valence-corrected chi connectivity index (χ2v) is 12.7. The highest BCUT2D eigenvalue weighted by molar-refractivity contribution is 6.74. The van der Waals surface area contributed by atoms with Crippen LogP contribution in [0.25, 0.3) is 11.1 Å². The molecule has 0 aliphatic carbocycles. The van der Waals surface area contributed by atoms with Crippen LogP contribution in [0.1, 0.15) is 27.2 Å². The minimum Gasteiger partial charge on any atom is -0.417 e. The zero-order chi connectivity index (χ0) is 18.5. The smallest absolute Gasteiger partial charge is 0.191 e. The molecule has 0 radical (unpaired) electrons. The lowest BCUT2D eigenvalue weighted by Crippen LogP contribution is -2.41. The predicted octanol–water partition coefficient (Wildman–Crippen LogP) is 5.15. The molecule has 25 heavy (non-hydrogen) atoms. The average Bonchev–Trinajstić information content (AvgIpc) is 2.55. The Balaban J connectivity index is 1.84. The first-order valence-electron chi connectivity index (χ1n) is 8.88. The van der Waals surface area contributed by atoms with E-state index in [1.54, 1.807) is 6.20 Å². The average molecular weight is 358 g/mol. The molecule has 0 saturated heterocycles. The van der Waals surface area contributed by atoms with Gasteiger partial charge in [-0.25, -0.2) is 0 Å². The fourth-order valence-corrected chi connectivity index (χ4v) is 3.36. The Labute approximate surface area is 153 Å². The molecule has 1 aromatic carbocycles. The lowest BCUT2D eigenvalue weighted by Gasteiger charge is -2.36. The molecule has 0 fully saturated rings. The Hall–Kier alpha value is -1.85. The van der Waals surface area contributed by atoms with Gasteiger partial charge >= 0.3 is 0 Å². The van der Waals surface area contributed by atoms with Gasteiger partial charge in [-0.2, -0.15) is 0 Å². The molecule has 0 spiro atoms. The zero-order valence-corrected chi connectivity index (χ0v) is 17.1. The van der Waals surface area contributed by atoms with E-state index in [-0.39, 0.29) is 5.04 Å². The van der Waals surface area contributed by atoms with E-state index in [4.69, 9.17) is 10.2 Å². The Morgan fingerprint density at radius 2 is 1.92 bits per heavy atom. The number of nitrogens with two attached hydrogens (primary N) is 1. The van der Waals surface area contributed by atoms with Gasteiger partial charge in [0, 0.05) is 31.1 Å². The number of nitrogen functional groups attached to an aromatic ring is 1. The van der Waals surface area contributed by atoms with Crippen LogP contribution in [0.15, 0.2) is 42.7 Å². The summed E-state index contributed by atoms with van der Waals surface area (Å²) in [5.41, 5.74) is 10.1. The summed E-state index contributed by atoms with van der Waals surface area (Å²) in [6.45, 7) is 13.0. The zero-order valence-electron chi connectivity index (χ0n) is 16.1. The van der Waals surface area contributed by atoms with Crippen molar-refractivity contribution >= 4 is 19.7 Å². The molecule has 0 bridgehead atoms. The van der Waals surface area contributed by atoms with Crippen molar-refractivity contribution in [2.24, 2.45) is 0 Å². The van der Waals surface area contributed by atoms with Gasteiger partial charge in [0.15, 0.2) is 8.32 Å². The molecule has 0 aliphatic rings. The minimum atomic E-state index is -1.65. The van der Waals surface area contributed by atoms with Gasteiger partial charge in [-0.15, -0.1) is 0 Å². The topological polar surface area (TPSA) is 60.2 Å². The van der Waals surface area contributed by atoms with Crippen molar-refractivity contribution in [2.45, 2.75) is 45.3 Å². The maximum atomic E-state index is 6.20. The second-order valence-electron chi connectivity index (χ2n) is 7.93. The van der Waals surface area contributed by atoms with Gasteiger partial charge in [0.25, 0.3) is 0 Å². The van der Waals surface area contributed by atoms with Crippen LogP contribution in [-0.2, 0) is 4.43 Å². The van der Waals surface area contributed by atoms with Gasteiger partial charge in [0.2, 0.25) is 0 Å². The molecule has 3 N–H and O–H groups in total. The third-order valence-corrected chi connectivity index (χ3v) is 9.49. The number of nitrogens with zero attached hydrogens (tertiary/aromatic N) is 1. The summed E-state index contributed by atoms with van der Waals surface area (Å²) in [6.07, 6.45) is 4.59. The van der Waals surface area contributed by atoms with Gasteiger partial charge in [-0.1, -0.05) is 32.9 Å². The van der Waals surface area contributed by atoms with Crippen LogP contribution in [0.5, 0.6) is 0 Å². The number of anilines is 2. The van der Waals surface area contributed by atoms with Crippen LogP contribution in [0.4, 0.5) is 11.4 Å². The largest absolute Gasteiger partial charge is 0.417 e. The normalized spacial score (nSPS) is 12.2. The highest BCUT2D eigenvalue weighted by atomic mass is 28.4. The van der Waals surface area contributed by atoms with Crippen molar-refractivity contribution in [3.05, 3.63) is 42.7 Å². The molecule has 0 unspecified atom stereocenters. The Bertz CT molecular complexity index is 681. The number of rotatable bonds is 7. The Kier molecular flexibility index (Phi) is 6.24. The molecule has 1 aromatic heterocycles. The summed E-state index contributed by atoms with van der Waals surface area (Å²) in [5, 5.41) is 3.67. The predicted molar refractivity (Wildman–Crippen MR) is 110 cm³/mol. The standard InChI is InChI=1S/C20H31N3OSi/c1-20(2,3)25(4,5)24-13-7-12-23-19-10-9-16(14-18(19)21)17-8-6-11-22-15-17/h6,8-11,14-15,23H,7,12-13,21H2,1-5H3. The number of hydrogen-bond acceptors (Lipinski definition) is 4. The van der Waals surface area contributed by atoms with Gasteiger partial charge in [0.1, 0.15) is 0 Å². The molecule has 5 heteroatoms. The number of pyridine rings is 1. The van der Waals surface area contributed by atoms with E-state index < -0.39 is 8.32 Å². The highest BCUT2D eigenvalue weighted by Crippen LogP contribution is 2.36. The van der Waals surface area contributed by atoms with Gasteiger partial charge < -0.3 is 15.5 Å². The Morgan fingerprint density at radius 3 is 2.52 bits per heavy atom. The van der Waals surface area contributed by atoms with Crippen molar-refractivity contribution in [2.75, 3.05) is 24.2 Å². The molecular weight excluding hydrogens is 326 g/mol. The molecule has 4 nitrogen and oxygen atoms in total. The number of hydrogen-bond donors (Lipinski definition) is 2. The molecule has 0 atom stereocenters. The molecule has 0 saturated carbocycles. The van der Waals surface area contributed by atoms with Crippen LogP contribution in [0.3, 0.4) is 0 Å². The monoisotopic (exact) mass is 357 g/mol. The van der Waals surface area contributed by atoms with Crippen LogP contribution in [0.2, 0.25) is 18.1 Å². The van der Waals surface area contributed by atoms with Gasteiger partial charge in [-0.05, 0) is 48.3 Å². The molecule has 2 aromatic rings. The van der Waals surface area contributed by atoms with Crippen LogP contribution in [-0.4, -0.2) is 26.5 Å². The quantitative estimate of drug-likeness (QED) is 0.408. The Morgan fingerprint density at radius 1 is 1.16 bits per heavy atom. The summed E-state index contributed by atoms with van der Waals surface area (Å²) >= 11 is 0. The van der Waals surface area contributed by atoms with Crippen LogP contribution in [0, 0.1) is 0 Å². The van der Waals surface area contributed by atoms with Gasteiger partial charge in [0.05, 0.1) is 11.4 Å². The molecule has 1 heterocycles. The summed E-state index contributed by atoms with van der Waals surface area (Å²) < 4.78 is 6.20. The van der Waals surface area contributed by atoms with E-state index in [0.717, 1.165) is 42.1 Å². The van der Waals surface area contributed by atoms with Crippen LogP contribution < -0.4 is 11.1 Å². The molecule has 136 valence electrons. The maximum absolute atomic E-state index is 6.20. The lowest BCUT2D eigenvalue weighted by atomic mass is 10.1. The van der Waals surface area contributed by atoms with Crippen molar-refractivity contribution < 1.29 is 4.43 Å². The van der Waals surface area contributed by atoms with Crippen molar-refractivity contribution in [1.82, 2.24) is 4.98 Å². The first-order chi connectivity index (χ1) is 11.7. The summed E-state index contributed by atoms with van der Waals surface area (Å²) in [7, 11) is -1.65. The highest BCUT2D eigenvalue weighted by Gasteiger charge is 2.36. The third-order valence-electron chi connectivity index (χ3n) is 4.95. The van der Waals surface area contributed by atoms with Crippen LogP contribution >= 0.6 is 0 Å². The number of nitrogens with one attached hydrogen (secondary N) is 1. The summed E-state index contributed by atoms with van der Waals surface area (Å²) in [4.78, 5) is 4.15. The second kappa shape index (κ2) is 8.02. The number of benzene rings is 1. The first-order valence-corrected chi connectivity index (χ1v) is 11.8. The summed E-state index contributed by atoms with van der Waals surface area (Å²) in [5.74, 6) is 0. The van der Waals surface area contributed by atoms with Crippen molar-refractivity contribution in [3.63, 3.8) is 0 Å². The van der Waals surface area contributed by atoms with Crippen molar-refractivity contribution in [3.8, 4) is 11.1 Å². The molecule has 2 rings (SSSR count). The molecule has 0 aliphatic heterocycles. The maximum Gasteiger partial charge on any atom is 0.191 e. The molecule has 0 amide bonds. The van der Waals surface area contributed by atoms with E-state index in [1.165, 1.54) is 0 Å². The molecular formula is C20H31N3OSi. The summed E-state index contributed by atoms with van der Waals surface area (Å²) in [6, 6.07) is 10.1. The number of aromatic nitrogens is 1. The fourth-order valence-electron chi connectivity index (χ4n) is 2.28. The van der Waals surface area contributed by atoms with E-state index in [0.29, 0.717) is 0 Å². The third kappa shape index (κ3) is 5.31. The van der Waals surface area contributed by atoms with E-state index in [2.05, 4.69) is 50.2 Å². The lowest BCUT2D eigenvalue weighted by molar-refractivity contribution is 0.286. The fraction of sp³-hybridized carbons (Fsp3) is 0.450. The SMILES string of the molecule is CC(C)(C)[Si](C)(C)OCCCNc1ccc(-c2cccnc2)cc1N. The van der Waals surface area contributed by atoms with Gasteiger partial charge in [-0.3, -0.25) is 4.98 Å². The van der Waals surface area contributed by atoms with E-state index in [9.17, 15) is 0 Å². The first kappa shape index (κ1) is 19.5. The minimum absolute atomic E-state index is 0.257. The van der Waals surface area contributed by atoms with Crippen molar-refractivity contribution in [1.29, 1.82) is 0 Å². The van der Waals surface area contributed by atoms with E-state index in [1.807, 2.05) is 30.5 Å².